The summed E-state index contributed by atoms with van der Waals surface area (Å²) in [6.45, 7) is 3.97. The van der Waals surface area contributed by atoms with Crippen LogP contribution in [0.3, 0.4) is 0 Å². The van der Waals surface area contributed by atoms with Gasteiger partial charge in [-0.1, -0.05) is 6.07 Å². The molecule has 6 nitrogen and oxygen atoms in total. The molecule has 5 rings (SSSR count). The molecule has 1 amide bonds. The summed E-state index contributed by atoms with van der Waals surface area (Å²) >= 11 is 0. The van der Waals surface area contributed by atoms with Crippen molar-refractivity contribution in [2.24, 2.45) is 5.92 Å². The minimum absolute atomic E-state index is 0.0620. The first-order chi connectivity index (χ1) is 14.3. The minimum Gasteiger partial charge on any atom is -0.465 e. The lowest BCUT2D eigenvalue weighted by Crippen LogP contribution is -2.57. The summed E-state index contributed by atoms with van der Waals surface area (Å²) in [5.74, 6) is -1.22. The highest BCUT2D eigenvalue weighted by atomic mass is 19.3. The number of nitrogens with zero attached hydrogens (tertiary/aromatic N) is 2. The standard InChI is InChI=1S/C22H25F2N3O3/c1-13-5-6-17(30-13)12-26-10-14-7-15(11-26)20(27-18(14)3-2-4-19(27)28)21(29)25-16-8-22(23,24)9-16/h2-6,14-16,20H,7-12H2,1H3,(H,25,29)/t14-,15+,20-/m1/s1. The highest BCUT2D eigenvalue weighted by Crippen LogP contribution is 2.42. The molecule has 1 saturated carbocycles. The molecule has 3 atom stereocenters. The van der Waals surface area contributed by atoms with Crippen LogP contribution in [-0.2, 0) is 11.3 Å². The molecule has 2 aromatic rings. The minimum atomic E-state index is -2.70. The van der Waals surface area contributed by atoms with E-state index in [1.54, 1.807) is 10.6 Å². The molecule has 8 heteroatoms. The highest BCUT2D eigenvalue weighted by molar-refractivity contribution is 5.81. The zero-order chi connectivity index (χ0) is 21.0. The van der Waals surface area contributed by atoms with Crippen LogP contribution in [0, 0.1) is 12.8 Å². The number of aromatic nitrogens is 1. The zero-order valence-electron chi connectivity index (χ0n) is 16.8. The summed E-state index contributed by atoms with van der Waals surface area (Å²) < 4.78 is 33.8. The zero-order valence-corrected chi connectivity index (χ0v) is 16.8. The fourth-order valence-corrected chi connectivity index (χ4v) is 5.33. The Morgan fingerprint density at radius 2 is 2.03 bits per heavy atom. The molecule has 1 saturated heterocycles. The number of hydrogen-bond donors (Lipinski definition) is 1. The summed E-state index contributed by atoms with van der Waals surface area (Å²) in [7, 11) is 0. The lowest BCUT2D eigenvalue weighted by molar-refractivity contribution is -0.135. The fraction of sp³-hybridized carbons (Fsp3) is 0.545. The highest BCUT2D eigenvalue weighted by Gasteiger charge is 2.48. The first-order valence-corrected chi connectivity index (χ1v) is 10.5. The van der Waals surface area contributed by atoms with E-state index in [9.17, 15) is 18.4 Å². The molecule has 0 unspecified atom stereocenters. The molecule has 2 aliphatic heterocycles. The van der Waals surface area contributed by atoms with Gasteiger partial charge in [0.2, 0.25) is 5.91 Å². The van der Waals surface area contributed by atoms with Crippen molar-refractivity contribution in [3.05, 3.63) is 57.9 Å². The Morgan fingerprint density at radius 1 is 1.23 bits per heavy atom. The summed E-state index contributed by atoms with van der Waals surface area (Å²) in [6, 6.07) is 7.77. The number of halogens is 2. The second-order valence-electron chi connectivity index (χ2n) is 8.97. The van der Waals surface area contributed by atoms with E-state index in [1.165, 1.54) is 6.07 Å². The average molecular weight is 417 g/mol. The van der Waals surface area contributed by atoms with E-state index in [0.717, 1.165) is 30.2 Å². The van der Waals surface area contributed by atoms with E-state index in [4.69, 9.17) is 4.42 Å². The number of aryl methyl sites for hydroxylation is 1. The largest absolute Gasteiger partial charge is 0.465 e. The Balaban J connectivity index is 1.42. The number of amides is 1. The molecule has 0 spiro atoms. The third-order valence-corrected chi connectivity index (χ3v) is 6.60. The summed E-state index contributed by atoms with van der Waals surface area (Å²) in [6.07, 6.45) is 0.134. The molecule has 1 N–H and O–H groups in total. The van der Waals surface area contributed by atoms with E-state index in [1.807, 2.05) is 25.1 Å². The van der Waals surface area contributed by atoms with Gasteiger partial charge in [0, 0.05) is 55.6 Å². The number of alkyl halides is 2. The summed E-state index contributed by atoms with van der Waals surface area (Å²) in [5, 5.41) is 2.77. The first-order valence-electron chi connectivity index (χ1n) is 10.5. The van der Waals surface area contributed by atoms with Crippen LogP contribution in [0.4, 0.5) is 8.78 Å². The lowest BCUT2D eigenvalue weighted by atomic mass is 9.77. The second kappa shape index (κ2) is 7.04. The lowest BCUT2D eigenvalue weighted by Gasteiger charge is -2.46. The number of pyridine rings is 1. The van der Waals surface area contributed by atoms with Crippen LogP contribution in [0.2, 0.25) is 0 Å². The number of fused-ring (bicyclic) bond motifs is 4. The number of piperidine rings is 1. The predicted molar refractivity (Wildman–Crippen MR) is 105 cm³/mol. The van der Waals surface area contributed by atoms with Crippen molar-refractivity contribution in [2.75, 3.05) is 13.1 Å². The third-order valence-electron chi connectivity index (χ3n) is 6.60. The normalized spacial score (nSPS) is 27.9. The van der Waals surface area contributed by atoms with Crippen LogP contribution < -0.4 is 10.9 Å². The number of rotatable bonds is 4. The van der Waals surface area contributed by atoms with Crippen LogP contribution in [-0.4, -0.2) is 40.4 Å². The van der Waals surface area contributed by atoms with Crippen molar-refractivity contribution in [2.45, 2.75) is 56.7 Å². The van der Waals surface area contributed by atoms with Crippen LogP contribution >= 0.6 is 0 Å². The number of furan rings is 1. The van der Waals surface area contributed by atoms with Gasteiger partial charge in [0.1, 0.15) is 17.6 Å². The van der Waals surface area contributed by atoms with Gasteiger partial charge >= 0.3 is 0 Å². The number of nitrogens with one attached hydrogen (secondary N) is 1. The van der Waals surface area contributed by atoms with Crippen LogP contribution in [0.15, 0.2) is 39.5 Å². The maximum Gasteiger partial charge on any atom is 0.252 e. The van der Waals surface area contributed by atoms with E-state index in [-0.39, 0.29) is 36.1 Å². The Hall–Kier alpha value is -2.48. The Labute approximate surface area is 172 Å². The molecule has 2 fully saturated rings. The molecule has 1 aliphatic carbocycles. The first kappa shape index (κ1) is 19.5. The molecule has 30 heavy (non-hydrogen) atoms. The Bertz CT molecular complexity index is 1020. The van der Waals surface area contributed by atoms with E-state index in [2.05, 4.69) is 10.2 Å². The third kappa shape index (κ3) is 3.47. The van der Waals surface area contributed by atoms with E-state index in [0.29, 0.717) is 13.1 Å². The number of hydrogen-bond acceptors (Lipinski definition) is 4. The van der Waals surface area contributed by atoms with Crippen molar-refractivity contribution in [1.29, 1.82) is 0 Å². The van der Waals surface area contributed by atoms with Gasteiger partial charge in [-0.2, -0.15) is 0 Å². The van der Waals surface area contributed by atoms with Gasteiger partial charge < -0.3 is 9.73 Å². The van der Waals surface area contributed by atoms with Crippen molar-refractivity contribution >= 4 is 5.91 Å². The molecular weight excluding hydrogens is 392 g/mol. The van der Waals surface area contributed by atoms with Gasteiger partial charge in [-0.3, -0.25) is 19.1 Å². The van der Waals surface area contributed by atoms with Crippen molar-refractivity contribution in [3.8, 4) is 0 Å². The van der Waals surface area contributed by atoms with Gasteiger partial charge in [0.25, 0.3) is 11.5 Å². The number of likely N-dealkylation sites (tertiary alicyclic amines) is 1. The van der Waals surface area contributed by atoms with Crippen molar-refractivity contribution in [1.82, 2.24) is 14.8 Å². The molecule has 0 aromatic carbocycles. The van der Waals surface area contributed by atoms with E-state index >= 15 is 0 Å². The maximum atomic E-state index is 13.2. The molecule has 4 heterocycles. The Kier molecular flexibility index (Phi) is 4.57. The van der Waals surface area contributed by atoms with Gasteiger partial charge in [-0.05, 0) is 31.5 Å². The average Bonchev–Trinajstić information content (AvgIpc) is 3.05. The molecule has 2 aromatic heterocycles. The second-order valence-corrected chi connectivity index (χ2v) is 8.97. The maximum absolute atomic E-state index is 13.2. The molecule has 3 aliphatic rings. The van der Waals surface area contributed by atoms with Crippen LogP contribution in [0.1, 0.15) is 48.4 Å². The van der Waals surface area contributed by atoms with Crippen molar-refractivity contribution < 1.29 is 18.0 Å². The van der Waals surface area contributed by atoms with Gasteiger partial charge in [0.15, 0.2) is 0 Å². The van der Waals surface area contributed by atoms with Gasteiger partial charge in [-0.25, -0.2) is 8.78 Å². The quantitative estimate of drug-likeness (QED) is 0.831. The SMILES string of the molecule is Cc1ccc(CN2C[C@H]3C[C@@H](C2)[C@H](C(=O)NC2CC(F)(F)C2)n2c3cccc2=O)o1. The van der Waals surface area contributed by atoms with Gasteiger partial charge in [-0.15, -0.1) is 0 Å². The predicted octanol–water partition coefficient (Wildman–Crippen LogP) is 2.82. The van der Waals surface area contributed by atoms with Crippen LogP contribution in [0.25, 0.3) is 0 Å². The summed E-state index contributed by atoms with van der Waals surface area (Å²) in [4.78, 5) is 28.1. The van der Waals surface area contributed by atoms with Crippen LogP contribution in [0.5, 0.6) is 0 Å². The fourth-order valence-electron chi connectivity index (χ4n) is 5.33. The smallest absolute Gasteiger partial charge is 0.252 e. The van der Waals surface area contributed by atoms with Crippen molar-refractivity contribution in [3.63, 3.8) is 0 Å². The number of carbonyl (C=O) groups is 1. The molecular formula is C22H25F2N3O3. The molecule has 160 valence electrons. The topological polar surface area (TPSA) is 67.5 Å². The van der Waals surface area contributed by atoms with Gasteiger partial charge in [0.05, 0.1) is 6.54 Å². The molecule has 0 radical (unpaired) electrons. The monoisotopic (exact) mass is 417 g/mol. The summed E-state index contributed by atoms with van der Waals surface area (Å²) in [5.41, 5.74) is 0.634. The van der Waals surface area contributed by atoms with E-state index < -0.39 is 18.0 Å². The number of carbonyl (C=O) groups excluding carboxylic acids is 1. The Morgan fingerprint density at radius 3 is 2.73 bits per heavy atom. The molecule has 2 bridgehead atoms.